The van der Waals surface area contributed by atoms with Gasteiger partial charge in [-0.3, -0.25) is 9.63 Å². The van der Waals surface area contributed by atoms with Crippen LogP contribution >= 0.6 is 0 Å². The molecular weight excluding hydrogens is 192 g/mol. The number of carbonyl (C=O) groups excluding carboxylic acids is 1. The average Bonchev–Trinajstić information content (AvgIpc) is 2.73. The van der Waals surface area contributed by atoms with Crippen molar-refractivity contribution in [3.8, 4) is 0 Å². The van der Waals surface area contributed by atoms with Gasteiger partial charge in [-0.25, -0.2) is 5.06 Å². The van der Waals surface area contributed by atoms with Crippen LogP contribution in [0.2, 0.25) is 0 Å². The highest BCUT2D eigenvalue weighted by Crippen LogP contribution is 2.09. The maximum Gasteiger partial charge on any atom is 0.277 e. The average molecular weight is 204 g/mol. The van der Waals surface area contributed by atoms with Crippen LogP contribution in [0.15, 0.2) is 36.7 Å². The molecule has 2 rings (SSSR count). The number of amides is 1. The van der Waals surface area contributed by atoms with Gasteiger partial charge >= 0.3 is 0 Å². The van der Waals surface area contributed by atoms with Crippen LogP contribution in [0.3, 0.4) is 0 Å². The molecule has 0 N–H and O–H groups in total. The molecule has 0 radical (unpaired) electrons. The number of hydrogen-bond donors (Lipinski definition) is 0. The molecule has 4 heteroatoms. The predicted molar refractivity (Wildman–Crippen MR) is 56.5 cm³/mol. The number of aromatic nitrogens is 1. The van der Waals surface area contributed by atoms with Gasteiger partial charge in [-0.2, -0.15) is 0 Å². The maximum absolute atomic E-state index is 11.7. The molecule has 0 aliphatic heterocycles. The lowest BCUT2D eigenvalue weighted by atomic mass is 10.2. The number of carbonyl (C=O) groups is 1. The van der Waals surface area contributed by atoms with E-state index in [1.807, 2.05) is 35.0 Å². The standard InChI is InChI=1S/C11H12N2O2/c1-12(15-2)11(14)9-5-7-13-6-3-4-10(13)8-9/h3-8H,1-2H3. The van der Waals surface area contributed by atoms with E-state index in [9.17, 15) is 4.79 Å². The summed E-state index contributed by atoms with van der Waals surface area (Å²) in [6.45, 7) is 0. The number of hydrogen-bond acceptors (Lipinski definition) is 2. The Morgan fingerprint density at radius 2 is 2.20 bits per heavy atom. The van der Waals surface area contributed by atoms with Crippen molar-refractivity contribution in [2.45, 2.75) is 0 Å². The quantitative estimate of drug-likeness (QED) is 0.696. The van der Waals surface area contributed by atoms with Crippen LogP contribution in [0.1, 0.15) is 10.4 Å². The SMILES string of the molecule is CON(C)C(=O)c1ccn2cccc2c1. The van der Waals surface area contributed by atoms with Crippen LogP contribution < -0.4 is 0 Å². The molecule has 1 amide bonds. The highest BCUT2D eigenvalue weighted by molar-refractivity contribution is 5.94. The Hall–Kier alpha value is -1.81. The summed E-state index contributed by atoms with van der Waals surface area (Å²) in [4.78, 5) is 16.6. The van der Waals surface area contributed by atoms with Gasteiger partial charge in [0.2, 0.25) is 0 Å². The van der Waals surface area contributed by atoms with Crippen molar-refractivity contribution in [2.24, 2.45) is 0 Å². The van der Waals surface area contributed by atoms with Crippen molar-refractivity contribution < 1.29 is 9.63 Å². The predicted octanol–water partition coefficient (Wildman–Crippen LogP) is 1.57. The summed E-state index contributed by atoms with van der Waals surface area (Å²) in [6, 6.07) is 7.48. The molecule has 15 heavy (non-hydrogen) atoms. The van der Waals surface area contributed by atoms with Crippen molar-refractivity contribution in [1.82, 2.24) is 9.46 Å². The second-order valence-electron chi connectivity index (χ2n) is 3.24. The van der Waals surface area contributed by atoms with E-state index < -0.39 is 0 Å². The Morgan fingerprint density at radius 1 is 1.40 bits per heavy atom. The van der Waals surface area contributed by atoms with Crippen molar-refractivity contribution in [3.05, 3.63) is 42.2 Å². The molecule has 0 saturated heterocycles. The van der Waals surface area contributed by atoms with Gasteiger partial charge in [0.05, 0.1) is 7.11 Å². The molecule has 0 atom stereocenters. The lowest BCUT2D eigenvalue weighted by Gasteiger charge is -2.13. The fourth-order valence-electron chi connectivity index (χ4n) is 1.43. The molecule has 0 unspecified atom stereocenters. The first-order valence-electron chi connectivity index (χ1n) is 4.61. The van der Waals surface area contributed by atoms with Gasteiger partial charge in [0.25, 0.3) is 5.91 Å². The van der Waals surface area contributed by atoms with Crippen molar-refractivity contribution in [3.63, 3.8) is 0 Å². The largest absolute Gasteiger partial charge is 0.324 e. The van der Waals surface area contributed by atoms with Crippen molar-refractivity contribution in [2.75, 3.05) is 14.2 Å². The second kappa shape index (κ2) is 3.74. The minimum atomic E-state index is -0.152. The summed E-state index contributed by atoms with van der Waals surface area (Å²) in [7, 11) is 3.05. The summed E-state index contributed by atoms with van der Waals surface area (Å²) in [6.07, 6.45) is 3.79. The highest BCUT2D eigenvalue weighted by atomic mass is 16.7. The van der Waals surface area contributed by atoms with Crippen LogP contribution in [0.5, 0.6) is 0 Å². The zero-order chi connectivity index (χ0) is 10.8. The molecule has 0 aliphatic rings. The van der Waals surface area contributed by atoms with Crippen molar-refractivity contribution in [1.29, 1.82) is 0 Å². The fourth-order valence-corrected chi connectivity index (χ4v) is 1.43. The minimum Gasteiger partial charge on any atom is -0.324 e. The molecule has 0 spiro atoms. The van der Waals surface area contributed by atoms with E-state index in [2.05, 4.69) is 0 Å². The summed E-state index contributed by atoms with van der Waals surface area (Å²) in [5.41, 5.74) is 1.61. The Labute approximate surface area is 87.6 Å². The van der Waals surface area contributed by atoms with Crippen LogP contribution in [0.4, 0.5) is 0 Å². The fraction of sp³-hybridized carbons (Fsp3) is 0.182. The Balaban J connectivity index is 2.39. The molecule has 0 fully saturated rings. The monoisotopic (exact) mass is 204 g/mol. The van der Waals surface area contributed by atoms with E-state index in [0.717, 1.165) is 5.52 Å². The molecular formula is C11H12N2O2. The highest BCUT2D eigenvalue weighted by Gasteiger charge is 2.11. The van der Waals surface area contributed by atoms with Crippen molar-refractivity contribution >= 4 is 11.4 Å². The Bertz CT molecular complexity index is 490. The molecule has 0 saturated carbocycles. The van der Waals surface area contributed by atoms with E-state index in [4.69, 9.17) is 4.84 Å². The first-order chi connectivity index (χ1) is 7.22. The summed E-state index contributed by atoms with van der Waals surface area (Å²) in [5.74, 6) is -0.152. The number of nitrogens with zero attached hydrogens (tertiary/aromatic N) is 2. The number of fused-ring (bicyclic) bond motifs is 1. The van der Waals surface area contributed by atoms with Gasteiger partial charge in [0.1, 0.15) is 0 Å². The molecule has 4 nitrogen and oxygen atoms in total. The first kappa shape index (κ1) is 9.73. The normalized spacial score (nSPS) is 10.5. The number of hydroxylamine groups is 2. The zero-order valence-electron chi connectivity index (χ0n) is 8.68. The third-order valence-electron chi connectivity index (χ3n) is 2.34. The van der Waals surface area contributed by atoms with E-state index in [-0.39, 0.29) is 5.91 Å². The van der Waals surface area contributed by atoms with Gasteiger partial charge in [-0.1, -0.05) is 0 Å². The molecule has 0 aliphatic carbocycles. The van der Waals surface area contributed by atoms with Gasteiger partial charge < -0.3 is 4.40 Å². The molecule has 0 bridgehead atoms. The second-order valence-corrected chi connectivity index (χ2v) is 3.24. The molecule has 2 aromatic rings. The molecule has 2 aromatic heterocycles. The summed E-state index contributed by atoms with van der Waals surface area (Å²) >= 11 is 0. The van der Waals surface area contributed by atoms with E-state index >= 15 is 0 Å². The van der Waals surface area contributed by atoms with Crippen LogP contribution in [0, 0.1) is 0 Å². The van der Waals surface area contributed by atoms with Crippen LogP contribution in [-0.4, -0.2) is 29.5 Å². The Morgan fingerprint density at radius 3 is 2.93 bits per heavy atom. The Kier molecular flexibility index (Phi) is 2.43. The summed E-state index contributed by atoms with van der Waals surface area (Å²) in [5, 5.41) is 1.20. The lowest BCUT2D eigenvalue weighted by molar-refractivity contribution is -0.0756. The number of pyridine rings is 1. The van der Waals surface area contributed by atoms with Gasteiger partial charge in [-0.05, 0) is 24.3 Å². The number of rotatable bonds is 2. The van der Waals surface area contributed by atoms with Gasteiger partial charge in [0, 0.05) is 30.5 Å². The maximum atomic E-state index is 11.7. The van der Waals surface area contributed by atoms with Crippen LogP contribution in [0.25, 0.3) is 5.52 Å². The van der Waals surface area contributed by atoms with E-state index in [0.29, 0.717) is 5.56 Å². The third-order valence-corrected chi connectivity index (χ3v) is 2.34. The van der Waals surface area contributed by atoms with Gasteiger partial charge in [-0.15, -0.1) is 0 Å². The summed E-state index contributed by atoms with van der Waals surface area (Å²) < 4.78 is 1.95. The lowest BCUT2D eigenvalue weighted by Crippen LogP contribution is -2.25. The van der Waals surface area contributed by atoms with Gasteiger partial charge in [0.15, 0.2) is 0 Å². The smallest absolute Gasteiger partial charge is 0.277 e. The molecule has 0 aromatic carbocycles. The third kappa shape index (κ3) is 1.71. The first-order valence-corrected chi connectivity index (χ1v) is 4.61. The minimum absolute atomic E-state index is 0.152. The molecule has 2 heterocycles. The van der Waals surface area contributed by atoms with E-state index in [1.165, 1.54) is 12.2 Å². The molecule has 78 valence electrons. The van der Waals surface area contributed by atoms with Crippen LogP contribution in [-0.2, 0) is 4.84 Å². The van der Waals surface area contributed by atoms with E-state index in [1.54, 1.807) is 13.1 Å². The topological polar surface area (TPSA) is 34.0 Å². The zero-order valence-corrected chi connectivity index (χ0v) is 8.68.